The number of aromatic amines is 1. The van der Waals surface area contributed by atoms with Crippen LogP contribution in [0.1, 0.15) is 148 Å². The van der Waals surface area contributed by atoms with Crippen molar-refractivity contribution in [1.29, 1.82) is 0 Å². The number of hydrogen-bond acceptors (Lipinski definition) is 15. The molecule has 4 rings (SSSR count). The van der Waals surface area contributed by atoms with Crippen LogP contribution in [-0.4, -0.2) is 193 Å². The lowest BCUT2D eigenvalue weighted by molar-refractivity contribution is -0.150. The standard InChI is InChI=1S/C65H95N13O16/c1-10-37(5)54(75-63(92)55(53(41-23-17-13-18-24-41)42-25-19-14-20-26-42)76-58(87)44(27-28-51(81)82)71-60(89)47(32-52(83)84)70-39(7)80)65(94)78(9)50(30-40-21-15-12-16-22-40)64(93)77(8)49(11-2)62(91)69-38(6)57(86)74-48(34-79)61(90)73-46(31-43-33-67-35-68-43)59(88)72-45(56(66)85)29-36(3)4/h13-14,17-20,23-26,33,35-38,40,44-50,53-55,79H,10-12,15-16,21-22,27-32,34H2,1-9H3,(H2,66,85)(H,67,68)(H,69,91)(H,70,80)(H,71,89)(H,72,88)(H,73,90)(H,74,86)(H,75,92)(H,76,87)(H,81,82)(H,83,84)/t37-,38-,44-,45-,46-,47-,48-,49-,50-,54-,55-/m0/s1. The van der Waals surface area contributed by atoms with Gasteiger partial charge in [-0.2, -0.15) is 0 Å². The molecule has 2 aromatic carbocycles. The summed E-state index contributed by atoms with van der Waals surface area (Å²) in [7, 11) is 2.81. The molecule has 3 aromatic rings. The normalized spacial score (nSPS) is 15.9. The summed E-state index contributed by atoms with van der Waals surface area (Å²) in [6.45, 7) is 10.2. The number of likely N-dealkylation sites (N-methyl/N-ethyl adjacent to an activating group) is 2. The van der Waals surface area contributed by atoms with Gasteiger partial charge < -0.3 is 78.4 Å². The van der Waals surface area contributed by atoms with Gasteiger partial charge in [0.1, 0.15) is 60.4 Å². The van der Waals surface area contributed by atoms with E-state index in [0.717, 1.165) is 39.0 Å². The Morgan fingerprint density at radius 1 is 0.596 bits per heavy atom. The smallest absolute Gasteiger partial charge is 0.305 e. The minimum absolute atomic E-state index is 0.00712. The Hall–Kier alpha value is -9.28. The SMILES string of the molecule is CC[C@H](C)[C@H](NC(=O)[C@@H](NC(=O)[C@H](CCC(=O)O)NC(=O)[C@H](CC(=O)O)NC(C)=O)C(c1ccccc1)c1ccccc1)C(=O)N(C)[C@@H](CC1CCCCC1)C(=O)N(C)[C@@H](CC)C(=O)N[C@@H](C)C(=O)N[C@@H](CO)C(=O)N[C@@H](Cc1cnc[nH]1)C(=O)N[C@@H](CC(C)C)C(N)=O. The van der Waals surface area contributed by atoms with Crippen molar-refractivity contribution in [2.24, 2.45) is 23.5 Å². The molecular weight excluding hydrogens is 1220 g/mol. The van der Waals surface area contributed by atoms with E-state index in [1.54, 1.807) is 81.4 Å². The number of aliphatic carboxylic acids is 2. The Morgan fingerprint density at radius 3 is 1.64 bits per heavy atom. The average molecular weight is 1310 g/mol. The molecule has 0 aliphatic heterocycles. The lowest BCUT2D eigenvalue weighted by Gasteiger charge is -2.39. The second-order valence-electron chi connectivity index (χ2n) is 24.5. The summed E-state index contributed by atoms with van der Waals surface area (Å²) in [5, 5.41) is 49.9. The molecule has 11 atom stereocenters. The molecule has 14 N–H and O–H groups in total. The number of imidazole rings is 1. The van der Waals surface area contributed by atoms with E-state index in [-0.39, 0.29) is 37.5 Å². The maximum atomic E-state index is 15.5. The molecule has 29 heteroatoms. The van der Waals surface area contributed by atoms with Gasteiger partial charge in [0, 0.05) is 51.7 Å². The Bertz CT molecular complexity index is 3000. The van der Waals surface area contributed by atoms with Crippen LogP contribution in [0.4, 0.5) is 0 Å². The summed E-state index contributed by atoms with van der Waals surface area (Å²) >= 11 is 0. The Morgan fingerprint density at radius 2 is 1.13 bits per heavy atom. The summed E-state index contributed by atoms with van der Waals surface area (Å²) in [5.41, 5.74) is 7.00. The molecule has 1 heterocycles. The Kier molecular flexibility index (Phi) is 31.2. The van der Waals surface area contributed by atoms with Crippen LogP contribution in [0.3, 0.4) is 0 Å². The number of H-pyrrole nitrogens is 1. The summed E-state index contributed by atoms with van der Waals surface area (Å²) in [6, 6.07) is 2.74. The number of aliphatic hydroxyl groups is 1. The molecule has 1 saturated carbocycles. The van der Waals surface area contributed by atoms with Crippen LogP contribution in [-0.2, 0) is 68.7 Å². The van der Waals surface area contributed by atoms with E-state index in [4.69, 9.17) is 5.73 Å². The number of amides is 11. The zero-order valence-corrected chi connectivity index (χ0v) is 55.0. The first-order valence-electron chi connectivity index (χ1n) is 31.9. The number of nitrogens with one attached hydrogen (secondary N) is 9. The first-order chi connectivity index (χ1) is 44.5. The van der Waals surface area contributed by atoms with E-state index in [2.05, 4.69) is 52.5 Å². The molecule has 0 radical (unpaired) electrons. The quantitative estimate of drug-likeness (QED) is 0.0374. The number of carboxylic acids is 2. The average Bonchev–Trinajstić information content (AvgIpc) is 0.893. The molecule has 29 nitrogen and oxygen atoms in total. The predicted octanol–water partition coefficient (Wildman–Crippen LogP) is 0.646. The lowest BCUT2D eigenvalue weighted by Crippen LogP contribution is -2.62. The van der Waals surface area contributed by atoms with Gasteiger partial charge in [0.15, 0.2) is 0 Å². The Balaban J connectivity index is 1.66. The van der Waals surface area contributed by atoms with Crippen molar-refractivity contribution < 1.29 is 77.6 Å². The lowest BCUT2D eigenvalue weighted by atomic mass is 9.83. The van der Waals surface area contributed by atoms with E-state index in [1.807, 2.05) is 13.8 Å². The number of aliphatic hydroxyl groups excluding tert-OH is 1. The third-order valence-corrected chi connectivity index (χ3v) is 16.8. The molecule has 1 fully saturated rings. The minimum Gasteiger partial charge on any atom is -0.481 e. The number of hydrogen-bond donors (Lipinski definition) is 13. The molecular formula is C65H95N13O16. The summed E-state index contributed by atoms with van der Waals surface area (Å²) < 4.78 is 0. The van der Waals surface area contributed by atoms with Crippen molar-refractivity contribution in [3.05, 3.63) is 90.0 Å². The van der Waals surface area contributed by atoms with Gasteiger partial charge in [-0.25, -0.2) is 4.98 Å². The molecule has 1 aliphatic carbocycles. The number of carbonyl (C=O) groups is 13. The van der Waals surface area contributed by atoms with Crippen LogP contribution >= 0.6 is 0 Å². The van der Waals surface area contributed by atoms with E-state index in [1.165, 1.54) is 43.3 Å². The first kappa shape index (κ1) is 77.2. The number of carboxylic acid groups (broad SMARTS) is 2. The highest BCUT2D eigenvalue weighted by atomic mass is 16.4. The molecule has 1 aliphatic rings. The maximum Gasteiger partial charge on any atom is 0.305 e. The van der Waals surface area contributed by atoms with Gasteiger partial charge in [0.25, 0.3) is 0 Å². The number of nitrogens with two attached hydrogens (primary N) is 1. The van der Waals surface area contributed by atoms with Crippen LogP contribution < -0.4 is 48.3 Å². The number of carbonyl (C=O) groups excluding carboxylic acids is 11. The van der Waals surface area contributed by atoms with Crippen molar-refractivity contribution in [3.8, 4) is 0 Å². The molecule has 11 amide bonds. The van der Waals surface area contributed by atoms with Crippen molar-refractivity contribution in [3.63, 3.8) is 0 Å². The summed E-state index contributed by atoms with van der Waals surface area (Å²) in [5.74, 6) is -14.1. The van der Waals surface area contributed by atoms with Gasteiger partial charge in [0.2, 0.25) is 65.0 Å². The third kappa shape index (κ3) is 23.7. The number of benzene rings is 2. The molecule has 0 unspecified atom stereocenters. The van der Waals surface area contributed by atoms with Crippen LogP contribution in [0.5, 0.6) is 0 Å². The molecule has 1 aromatic heterocycles. The topological polar surface area (TPSA) is 440 Å². The van der Waals surface area contributed by atoms with Crippen molar-refractivity contribution >= 4 is 76.9 Å². The fourth-order valence-corrected chi connectivity index (χ4v) is 11.3. The summed E-state index contributed by atoms with van der Waals surface area (Å²) in [6.07, 6.45) is 5.30. The van der Waals surface area contributed by atoms with Gasteiger partial charge >= 0.3 is 11.9 Å². The number of nitrogens with zero attached hydrogens (tertiary/aromatic N) is 3. The fraction of sp³-hybridized carbons (Fsp3) is 0.569. The highest BCUT2D eigenvalue weighted by Crippen LogP contribution is 2.32. The number of primary amides is 1. The fourth-order valence-electron chi connectivity index (χ4n) is 11.3. The summed E-state index contributed by atoms with van der Waals surface area (Å²) in [4.78, 5) is 187. The predicted molar refractivity (Wildman–Crippen MR) is 343 cm³/mol. The molecule has 516 valence electrons. The van der Waals surface area contributed by atoms with E-state index in [0.29, 0.717) is 23.2 Å². The minimum atomic E-state index is -1.72. The van der Waals surface area contributed by atoms with E-state index >= 15 is 14.4 Å². The zero-order valence-electron chi connectivity index (χ0n) is 55.0. The Labute approximate surface area is 547 Å². The van der Waals surface area contributed by atoms with Crippen LogP contribution in [0, 0.1) is 17.8 Å². The zero-order chi connectivity index (χ0) is 69.9. The number of aromatic nitrogens is 2. The van der Waals surface area contributed by atoms with E-state index < -0.39 is 175 Å². The van der Waals surface area contributed by atoms with Gasteiger partial charge in [-0.15, -0.1) is 0 Å². The first-order valence-corrected chi connectivity index (χ1v) is 31.9. The molecule has 0 spiro atoms. The molecule has 0 saturated heterocycles. The van der Waals surface area contributed by atoms with Gasteiger partial charge in [-0.3, -0.25) is 62.3 Å². The van der Waals surface area contributed by atoms with Crippen molar-refractivity contribution in [2.45, 2.75) is 198 Å². The van der Waals surface area contributed by atoms with Crippen LogP contribution in [0.25, 0.3) is 0 Å². The van der Waals surface area contributed by atoms with Crippen molar-refractivity contribution in [2.75, 3.05) is 20.7 Å². The van der Waals surface area contributed by atoms with Crippen molar-refractivity contribution in [1.82, 2.24) is 62.3 Å². The van der Waals surface area contributed by atoms with Gasteiger partial charge in [0.05, 0.1) is 19.4 Å². The molecule has 94 heavy (non-hydrogen) atoms. The van der Waals surface area contributed by atoms with Crippen LogP contribution in [0.2, 0.25) is 0 Å². The molecule has 0 bridgehead atoms. The van der Waals surface area contributed by atoms with Gasteiger partial charge in [-0.05, 0) is 61.5 Å². The monoisotopic (exact) mass is 1310 g/mol. The second-order valence-corrected chi connectivity index (χ2v) is 24.5. The second kappa shape index (κ2) is 38.0. The highest BCUT2D eigenvalue weighted by Gasteiger charge is 2.43. The van der Waals surface area contributed by atoms with Gasteiger partial charge in [-0.1, -0.05) is 134 Å². The van der Waals surface area contributed by atoms with E-state index in [9.17, 15) is 63.3 Å². The third-order valence-electron chi connectivity index (χ3n) is 16.8. The largest absolute Gasteiger partial charge is 0.481 e. The highest BCUT2D eigenvalue weighted by molar-refractivity contribution is 5.99. The number of rotatable bonds is 38. The maximum absolute atomic E-state index is 15.5. The van der Waals surface area contributed by atoms with Crippen LogP contribution in [0.15, 0.2) is 73.2 Å².